The highest BCUT2D eigenvalue weighted by Crippen LogP contribution is 1.91. The largest absolute Gasteiger partial charge is 0.295 e. The molecule has 70 valence electrons. The quantitative estimate of drug-likeness (QED) is 0.484. The number of hydrogen-bond acceptors (Lipinski definition) is 3. The maximum absolute atomic E-state index is 10.3. The minimum atomic E-state index is -3.81. The Morgan fingerprint density at radius 3 is 2.58 bits per heavy atom. The molecule has 0 aromatic heterocycles. The summed E-state index contributed by atoms with van der Waals surface area (Å²) in [7, 11) is -2.02. The molecule has 12 heavy (non-hydrogen) atoms. The Morgan fingerprint density at radius 2 is 2.17 bits per heavy atom. The Labute approximate surface area is 73.3 Å². The van der Waals surface area contributed by atoms with Crippen molar-refractivity contribution in [3.63, 3.8) is 0 Å². The molecule has 0 amide bonds. The first-order valence-electron chi connectivity index (χ1n) is 3.53. The van der Waals surface area contributed by atoms with Crippen LogP contribution in [0.2, 0.25) is 0 Å². The summed E-state index contributed by atoms with van der Waals surface area (Å²) in [6.45, 7) is 1.06. The summed E-state index contributed by atoms with van der Waals surface area (Å²) in [4.78, 5) is 1.81. The van der Waals surface area contributed by atoms with E-state index in [2.05, 4.69) is 5.92 Å². The molecule has 0 heterocycles. The highest BCUT2D eigenvalue weighted by molar-refractivity contribution is 7.85. The predicted octanol–water partition coefficient (Wildman–Crippen LogP) is -0.171. The molecule has 0 radical (unpaired) electrons. The van der Waals surface area contributed by atoms with Crippen LogP contribution in [-0.2, 0) is 10.1 Å². The summed E-state index contributed by atoms with van der Waals surface area (Å²) in [6, 6.07) is 0. The van der Waals surface area contributed by atoms with Crippen LogP contribution in [0.15, 0.2) is 0 Å². The third-order valence-electron chi connectivity index (χ3n) is 1.30. The Hall–Kier alpha value is -0.570. The van der Waals surface area contributed by atoms with Gasteiger partial charge in [-0.2, -0.15) is 8.42 Å². The molecule has 0 rings (SSSR count). The third-order valence-corrected chi connectivity index (χ3v) is 2.11. The van der Waals surface area contributed by atoms with E-state index in [1.807, 2.05) is 4.90 Å². The van der Waals surface area contributed by atoms with Gasteiger partial charge in [-0.3, -0.25) is 9.45 Å². The van der Waals surface area contributed by atoms with Crippen molar-refractivity contribution < 1.29 is 13.0 Å². The monoisotopic (exact) mass is 191 g/mol. The first-order chi connectivity index (χ1) is 5.45. The van der Waals surface area contributed by atoms with E-state index in [1.165, 1.54) is 0 Å². The van der Waals surface area contributed by atoms with Crippen molar-refractivity contribution in [2.45, 2.75) is 6.42 Å². The van der Waals surface area contributed by atoms with Gasteiger partial charge in [-0.1, -0.05) is 5.92 Å². The fourth-order valence-electron chi connectivity index (χ4n) is 0.752. The van der Waals surface area contributed by atoms with Gasteiger partial charge in [0.2, 0.25) is 0 Å². The van der Waals surface area contributed by atoms with Crippen molar-refractivity contribution >= 4 is 10.1 Å². The molecular weight excluding hydrogens is 178 g/mol. The van der Waals surface area contributed by atoms with Crippen LogP contribution < -0.4 is 0 Å². The lowest BCUT2D eigenvalue weighted by Gasteiger charge is -2.11. The smallest absolute Gasteiger partial charge is 0.264 e. The molecule has 0 atom stereocenters. The van der Waals surface area contributed by atoms with Gasteiger partial charge in [0.05, 0.1) is 12.3 Å². The zero-order valence-corrected chi connectivity index (χ0v) is 7.84. The van der Waals surface area contributed by atoms with Gasteiger partial charge in [0.15, 0.2) is 0 Å². The summed E-state index contributed by atoms with van der Waals surface area (Å²) in [5.41, 5.74) is 0. The lowest BCUT2D eigenvalue weighted by atomic mass is 10.4. The molecule has 4 nitrogen and oxygen atoms in total. The normalized spacial score (nSPS) is 11.5. The molecule has 0 aliphatic heterocycles. The number of hydrogen-bond donors (Lipinski definition) is 1. The second-order valence-corrected chi connectivity index (χ2v) is 4.15. The van der Waals surface area contributed by atoms with E-state index in [9.17, 15) is 8.42 Å². The molecule has 0 unspecified atom stereocenters. The van der Waals surface area contributed by atoms with Gasteiger partial charge in [-0.15, -0.1) is 6.42 Å². The van der Waals surface area contributed by atoms with Gasteiger partial charge in [0.1, 0.15) is 0 Å². The van der Waals surface area contributed by atoms with E-state index in [1.54, 1.807) is 7.05 Å². The maximum Gasteiger partial charge on any atom is 0.264 e. The third kappa shape index (κ3) is 7.54. The predicted molar refractivity (Wildman–Crippen MR) is 47.4 cm³/mol. The van der Waals surface area contributed by atoms with E-state index in [0.29, 0.717) is 19.5 Å². The highest BCUT2D eigenvalue weighted by atomic mass is 32.2. The van der Waals surface area contributed by atoms with Crippen molar-refractivity contribution in [1.82, 2.24) is 4.90 Å². The number of rotatable bonds is 5. The van der Waals surface area contributed by atoms with Crippen LogP contribution in [0.4, 0.5) is 0 Å². The zero-order valence-electron chi connectivity index (χ0n) is 7.02. The Kier molecular flexibility index (Phi) is 4.90. The zero-order chi connectivity index (χ0) is 9.61. The van der Waals surface area contributed by atoms with Crippen LogP contribution in [0.3, 0.4) is 0 Å². The van der Waals surface area contributed by atoms with E-state index < -0.39 is 10.1 Å². The summed E-state index contributed by atoms with van der Waals surface area (Å²) >= 11 is 0. The van der Waals surface area contributed by atoms with Gasteiger partial charge < -0.3 is 0 Å². The molecule has 0 aliphatic rings. The molecule has 1 N–H and O–H groups in total. The first-order valence-corrected chi connectivity index (χ1v) is 5.14. The average Bonchev–Trinajstić information content (AvgIpc) is 1.84. The van der Waals surface area contributed by atoms with Crippen molar-refractivity contribution in [3.05, 3.63) is 0 Å². The standard InChI is InChI=1S/C7H13NO3S/c1-3-5-8(2)6-4-7-12(9,10)11/h1H,4-7H2,2H3,(H,9,10,11). The molecule has 0 aromatic carbocycles. The molecule has 0 spiro atoms. The van der Waals surface area contributed by atoms with E-state index >= 15 is 0 Å². The highest BCUT2D eigenvalue weighted by Gasteiger charge is 2.04. The molecule has 0 fully saturated rings. The van der Waals surface area contributed by atoms with Crippen LogP contribution in [0.5, 0.6) is 0 Å². The van der Waals surface area contributed by atoms with Crippen molar-refractivity contribution in [2.75, 3.05) is 25.9 Å². The maximum atomic E-state index is 10.3. The molecule has 0 saturated heterocycles. The van der Waals surface area contributed by atoms with Crippen LogP contribution in [0.1, 0.15) is 6.42 Å². The van der Waals surface area contributed by atoms with Gasteiger partial charge >= 0.3 is 0 Å². The minimum absolute atomic E-state index is 0.206. The molecule has 5 heteroatoms. The van der Waals surface area contributed by atoms with Crippen LogP contribution >= 0.6 is 0 Å². The molecule has 0 aromatic rings. The average molecular weight is 191 g/mol. The summed E-state index contributed by atoms with van der Waals surface area (Å²) < 4.78 is 28.9. The lowest BCUT2D eigenvalue weighted by molar-refractivity contribution is 0.374. The molecule has 0 aliphatic carbocycles. The summed E-state index contributed by atoms with van der Waals surface area (Å²) in [5, 5.41) is 0. The number of terminal acetylenes is 1. The molecule has 0 bridgehead atoms. The Bertz CT molecular complexity index is 252. The Morgan fingerprint density at radius 1 is 1.58 bits per heavy atom. The van der Waals surface area contributed by atoms with Crippen LogP contribution in [0, 0.1) is 12.3 Å². The van der Waals surface area contributed by atoms with Crippen molar-refractivity contribution in [1.29, 1.82) is 0 Å². The van der Waals surface area contributed by atoms with Gasteiger partial charge in [0, 0.05) is 0 Å². The van der Waals surface area contributed by atoms with Gasteiger partial charge in [-0.05, 0) is 20.0 Å². The topological polar surface area (TPSA) is 57.6 Å². The lowest BCUT2D eigenvalue weighted by Crippen LogP contribution is -2.21. The van der Waals surface area contributed by atoms with Gasteiger partial charge in [0.25, 0.3) is 10.1 Å². The summed E-state index contributed by atoms with van der Waals surface area (Å²) in [6.07, 6.45) is 5.43. The second-order valence-electron chi connectivity index (χ2n) is 2.58. The van der Waals surface area contributed by atoms with E-state index in [4.69, 9.17) is 11.0 Å². The SMILES string of the molecule is C#CCN(C)CCCS(=O)(=O)O. The van der Waals surface area contributed by atoms with Crippen LogP contribution in [0.25, 0.3) is 0 Å². The first kappa shape index (κ1) is 11.4. The van der Waals surface area contributed by atoms with Crippen molar-refractivity contribution in [2.24, 2.45) is 0 Å². The Balaban J connectivity index is 3.52. The van der Waals surface area contributed by atoms with Crippen LogP contribution in [-0.4, -0.2) is 43.8 Å². The van der Waals surface area contributed by atoms with Crippen molar-refractivity contribution in [3.8, 4) is 12.3 Å². The fraction of sp³-hybridized carbons (Fsp3) is 0.714. The second kappa shape index (κ2) is 5.14. The fourth-order valence-corrected chi connectivity index (χ4v) is 1.25. The molecular formula is C7H13NO3S. The number of nitrogens with zero attached hydrogens (tertiary/aromatic N) is 1. The minimum Gasteiger partial charge on any atom is -0.295 e. The van der Waals surface area contributed by atoms with E-state index in [-0.39, 0.29) is 5.75 Å². The molecule has 0 saturated carbocycles. The van der Waals surface area contributed by atoms with E-state index in [0.717, 1.165) is 0 Å². The summed E-state index contributed by atoms with van der Waals surface area (Å²) in [5.74, 6) is 2.22. The van der Waals surface area contributed by atoms with Gasteiger partial charge in [-0.25, -0.2) is 0 Å².